The number of aliphatic hydroxyl groups excluding tert-OH is 1. The van der Waals surface area contributed by atoms with E-state index >= 15 is 0 Å². The predicted molar refractivity (Wildman–Crippen MR) is 64.2 cm³/mol. The minimum Gasteiger partial charge on any atom is -0.392 e. The molecule has 0 aliphatic rings. The topological polar surface area (TPSA) is 23.5 Å². The highest BCUT2D eigenvalue weighted by atomic mass is 16.3. The average molecular weight is 201 g/mol. The molecular formula is C13H15NO. The van der Waals surface area contributed by atoms with Gasteiger partial charge in [0.2, 0.25) is 0 Å². The van der Waals surface area contributed by atoms with Gasteiger partial charge in [-0.15, -0.1) is 0 Å². The van der Waals surface area contributed by atoms with E-state index < -0.39 is 0 Å². The molecule has 0 saturated heterocycles. The molecule has 15 heavy (non-hydrogen) atoms. The highest BCUT2D eigenvalue weighted by Crippen LogP contribution is 2.24. The quantitative estimate of drug-likeness (QED) is 0.806. The van der Waals surface area contributed by atoms with Gasteiger partial charge in [0, 0.05) is 19.8 Å². The minimum absolute atomic E-state index is 0.0915. The van der Waals surface area contributed by atoms with Crippen molar-refractivity contribution in [2.45, 2.75) is 6.61 Å². The van der Waals surface area contributed by atoms with Crippen molar-refractivity contribution in [3.8, 4) is 0 Å². The maximum atomic E-state index is 9.25. The van der Waals surface area contributed by atoms with E-state index in [1.54, 1.807) is 0 Å². The number of fused-ring (bicyclic) bond motifs is 1. The first-order valence-electron chi connectivity index (χ1n) is 5.02. The summed E-state index contributed by atoms with van der Waals surface area (Å²) in [5.41, 5.74) is 2.14. The molecule has 0 unspecified atom stereocenters. The SMILES string of the molecule is CN(C)c1ccc2cccc(CO)c2c1. The van der Waals surface area contributed by atoms with Crippen LogP contribution in [-0.4, -0.2) is 19.2 Å². The lowest BCUT2D eigenvalue weighted by atomic mass is 10.0. The summed E-state index contributed by atoms with van der Waals surface area (Å²) < 4.78 is 0. The maximum Gasteiger partial charge on any atom is 0.0687 e. The number of benzene rings is 2. The summed E-state index contributed by atoms with van der Waals surface area (Å²) in [5, 5.41) is 11.6. The Morgan fingerprint density at radius 1 is 1.13 bits per heavy atom. The van der Waals surface area contributed by atoms with Gasteiger partial charge in [-0.1, -0.05) is 24.3 Å². The largest absolute Gasteiger partial charge is 0.392 e. The molecule has 2 aromatic carbocycles. The van der Waals surface area contributed by atoms with E-state index in [4.69, 9.17) is 0 Å². The molecule has 2 nitrogen and oxygen atoms in total. The normalized spacial score (nSPS) is 10.6. The molecule has 0 amide bonds. The fraction of sp³-hybridized carbons (Fsp3) is 0.231. The molecule has 0 bridgehead atoms. The summed E-state index contributed by atoms with van der Waals surface area (Å²) in [6.07, 6.45) is 0. The second-order valence-electron chi connectivity index (χ2n) is 3.88. The van der Waals surface area contributed by atoms with Crippen LogP contribution in [-0.2, 0) is 6.61 Å². The monoisotopic (exact) mass is 201 g/mol. The van der Waals surface area contributed by atoms with Crippen LogP contribution in [0.15, 0.2) is 36.4 Å². The summed E-state index contributed by atoms with van der Waals surface area (Å²) in [5.74, 6) is 0. The zero-order chi connectivity index (χ0) is 10.8. The molecule has 2 heteroatoms. The Kier molecular flexibility index (Phi) is 2.60. The summed E-state index contributed by atoms with van der Waals surface area (Å²) in [6.45, 7) is 0.0915. The van der Waals surface area contributed by atoms with Crippen LogP contribution in [0, 0.1) is 0 Å². The van der Waals surface area contributed by atoms with Gasteiger partial charge in [-0.25, -0.2) is 0 Å². The van der Waals surface area contributed by atoms with Gasteiger partial charge in [0.05, 0.1) is 6.61 Å². The molecule has 0 heterocycles. The molecule has 2 rings (SSSR count). The van der Waals surface area contributed by atoms with Gasteiger partial charge in [0.15, 0.2) is 0 Å². The molecule has 2 aromatic rings. The molecule has 0 radical (unpaired) electrons. The van der Waals surface area contributed by atoms with Crippen LogP contribution in [0.2, 0.25) is 0 Å². The van der Waals surface area contributed by atoms with Crippen LogP contribution in [0.3, 0.4) is 0 Å². The van der Waals surface area contributed by atoms with Crippen molar-refractivity contribution >= 4 is 16.5 Å². The summed E-state index contributed by atoms with van der Waals surface area (Å²) in [4.78, 5) is 2.06. The molecule has 0 spiro atoms. The molecule has 0 saturated carbocycles. The lowest BCUT2D eigenvalue weighted by molar-refractivity contribution is 0.283. The van der Waals surface area contributed by atoms with Gasteiger partial charge >= 0.3 is 0 Å². The molecule has 0 aliphatic carbocycles. The Bertz CT molecular complexity index is 477. The number of hydrogen-bond acceptors (Lipinski definition) is 2. The summed E-state index contributed by atoms with van der Waals surface area (Å²) in [6, 6.07) is 12.3. The number of hydrogen-bond donors (Lipinski definition) is 1. The van der Waals surface area contributed by atoms with E-state index in [-0.39, 0.29) is 6.61 Å². The molecular weight excluding hydrogens is 186 g/mol. The Morgan fingerprint density at radius 3 is 2.60 bits per heavy atom. The summed E-state index contributed by atoms with van der Waals surface area (Å²) >= 11 is 0. The smallest absolute Gasteiger partial charge is 0.0687 e. The van der Waals surface area contributed by atoms with Crippen molar-refractivity contribution in [2.24, 2.45) is 0 Å². The molecule has 0 atom stereocenters. The van der Waals surface area contributed by atoms with E-state index in [2.05, 4.69) is 29.2 Å². The lowest BCUT2D eigenvalue weighted by Gasteiger charge is -2.14. The van der Waals surface area contributed by atoms with E-state index in [1.165, 1.54) is 5.39 Å². The van der Waals surface area contributed by atoms with Gasteiger partial charge in [-0.2, -0.15) is 0 Å². The Balaban J connectivity index is 2.67. The number of nitrogens with zero attached hydrogens (tertiary/aromatic N) is 1. The number of aliphatic hydroxyl groups is 1. The summed E-state index contributed by atoms with van der Waals surface area (Å²) in [7, 11) is 4.03. The van der Waals surface area contributed by atoms with E-state index in [0.29, 0.717) is 0 Å². The van der Waals surface area contributed by atoms with Crippen LogP contribution >= 0.6 is 0 Å². The van der Waals surface area contributed by atoms with Gasteiger partial charge in [-0.05, 0) is 28.5 Å². The van der Waals surface area contributed by atoms with Gasteiger partial charge < -0.3 is 10.0 Å². The molecule has 0 aromatic heterocycles. The maximum absolute atomic E-state index is 9.25. The first-order valence-corrected chi connectivity index (χ1v) is 5.02. The standard InChI is InChI=1S/C13H15NO/c1-14(2)12-7-6-10-4-3-5-11(9-15)13(10)8-12/h3-8,15H,9H2,1-2H3. The van der Waals surface area contributed by atoms with Crippen molar-refractivity contribution in [3.63, 3.8) is 0 Å². The molecule has 78 valence electrons. The van der Waals surface area contributed by atoms with E-state index in [9.17, 15) is 5.11 Å². The fourth-order valence-electron chi connectivity index (χ4n) is 1.74. The van der Waals surface area contributed by atoms with E-state index in [1.807, 2.05) is 26.2 Å². The van der Waals surface area contributed by atoms with Crippen LogP contribution in [0.4, 0.5) is 5.69 Å². The second kappa shape index (κ2) is 3.91. The average Bonchev–Trinajstić information content (AvgIpc) is 2.27. The van der Waals surface area contributed by atoms with Gasteiger partial charge in [0.25, 0.3) is 0 Å². The fourth-order valence-corrected chi connectivity index (χ4v) is 1.74. The van der Waals surface area contributed by atoms with E-state index in [0.717, 1.165) is 16.6 Å². The first-order chi connectivity index (χ1) is 7.22. The third-order valence-corrected chi connectivity index (χ3v) is 2.64. The minimum atomic E-state index is 0.0915. The van der Waals surface area contributed by atoms with Crippen molar-refractivity contribution in [1.29, 1.82) is 0 Å². The van der Waals surface area contributed by atoms with Gasteiger partial charge in [0.1, 0.15) is 0 Å². The van der Waals surface area contributed by atoms with Crippen molar-refractivity contribution < 1.29 is 5.11 Å². The lowest BCUT2D eigenvalue weighted by Crippen LogP contribution is -2.08. The molecule has 1 N–H and O–H groups in total. The third kappa shape index (κ3) is 1.81. The Morgan fingerprint density at radius 2 is 1.93 bits per heavy atom. The Hall–Kier alpha value is -1.54. The second-order valence-corrected chi connectivity index (χ2v) is 3.88. The zero-order valence-corrected chi connectivity index (χ0v) is 9.07. The zero-order valence-electron chi connectivity index (χ0n) is 9.07. The first kappa shape index (κ1) is 9.99. The van der Waals surface area contributed by atoms with Crippen LogP contribution in [0.5, 0.6) is 0 Å². The number of anilines is 1. The van der Waals surface area contributed by atoms with Crippen LogP contribution in [0.1, 0.15) is 5.56 Å². The van der Waals surface area contributed by atoms with Crippen LogP contribution < -0.4 is 4.90 Å². The number of rotatable bonds is 2. The highest BCUT2D eigenvalue weighted by Gasteiger charge is 2.02. The van der Waals surface area contributed by atoms with Gasteiger partial charge in [-0.3, -0.25) is 0 Å². The molecule has 0 aliphatic heterocycles. The third-order valence-electron chi connectivity index (χ3n) is 2.64. The predicted octanol–water partition coefficient (Wildman–Crippen LogP) is 2.40. The van der Waals surface area contributed by atoms with Crippen molar-refractivity contribution in [3.05, 3.63) is 42.0 Å². The molecule has 0 fully saturated rings. The van der Waals surface area contributed by atoms with Crippen molar-refractivity contribution in [1.82, 2.24) is 0 Å². The van der Waals surface area contributed by atoms with Crippen LogP contribution in [0.25, 0.3) is 10.8 Å². The van der Waals surface area contributed by atoms with Crippen molar-refractivity contribution in [2.75, 3.05) is 19.0 Å². The highest BCUT2D eigenvalue weighted by molar-refractivity contribution is 5.88. The Labute approximate surface area is 89.8 Å².